The van der Waals surface area contributed by atoms with Gasteiger partial charge >= 0.3 is 0 Å². The number of hydrogen-bond acceptors (Lipinski definition) is 3. The van der Waals surface area contributed by atoms with Gasteiger partial charge in [0.1, 0.15) is 12.2 Å². The Labute approximate surface area is 90.9 Å². The molecule has 0 saturated heterocycles. The van der Waals surface area contributed by atoms with Crippen LogP contribution in [0.2, 0.25) is 0 Å². The van der Waals surface area contributed by atoms with E-state index in [1.807, 2.05) is 4.68 Å². The van der Waals surface area contributed by atoms with Gasteiger partial charge in [-0.05, 0) is 18.8 Å². The molecule has 0 bridgehead atoms. The molecule has 0 aromatic carbocycles. The number of hydrogen-bond donors (Lipinski definition) is 1. The van der Waals surface area contributed by atoms with Crippen molar-refractivity contribution in [2.45, 2.75) is 51.6 Å². The highest BCUT2D eigenvalue weighted by Gasteiger charge is 2.23. The van der Waals surface area contributed by atoms with Crippen molar-refractivity contribution in [3.8, 4) is 0 Å². The molecule has 1 saturated carbocycles. The van der Waals surface area contributed by atoms with E-state index >= 15 is 0 Å². The van der Waals surface area contributed by atoms with Crippen LogP contribution in [0.15, 0.2) is 6.33 Å². The number of nitrogens with two attached hydrogens (primary N) is 1. The van der Waals surface area contributed by atoms with Crippen LogP contribution in [0.5, 0.6) is 0 Å². The smallest absolute Gasteiger partial charge is 0.140 e. The normalized spacial score (nSPS) is 26.8. The molecule has 0 aliphatic heterocycles. The Hall–Kier alpha value is -0.900. The molecule has 0 radical (unpaired) electrons. The molecular weight excluding hydrogens is 188 g/mol. The fourth-order valence-corrected chi connectivity index (χ4v) is 2.58. The van der Waals surface area contributed by atoms with Crippen LogP contribution in [0.25, 0.3) is 0 Å². The lowest BCUT2D eigenvalue weighted by atomic mass is 9.84. The van der Waals surface area contributed by atoms with Gasteiger partial charge in [-0.1, -0.05) is 26.2 Å². The Morgan fingerprint density at radius 3 is 3.13 bits per heavy atom. The third kappa shape index (κ3) is 2.20. The van der Waals surface area contributed by atoms with Gasteiger partial charge in [-0.2, -0.15) is 5.10 Å². The molecule has 1 heterocycles. The van der Waals surface area contributed by atoms with E-state index in [0.29, 0.717) is 12.6 Å². The average molecular weight is 208 g/mol. The molecule has 1 fully saturated rings. The van der Waals surface area contributed by atoms with Crippen LogP contribution >= 0.6 is 0 Å². The lowest BCUT2D eigenvalue weighted by Gasteiger charge is -2.29. The average Bonchev–Trinajstić information content (AvgIpc) is 2.77. The zero-order chi connectivity index (χ0) is 10.7. The first kappa shape index (κ1) is 10.6. The molecule has 4 heteroatoms. The summed E-state index contributed by atoms with van der Waals surface area (Å²) in [5.74, 6) is 1.79. The molecule has 84 valence electrons. The maximum Gasteiger partial charge on any atom is 0.140 e. The molecule has 0 amide bonds. The van der Waals surface area contributed by atoms with Crippen molar-refractivity contribution < 1.29 is 0 Å². The van der Waals surface area contributed by atoms with E-state index < -0.39 is 0 Å². The molecule has 1 aliphatic carbocycles. The monoisotopic (exact) mass is 208 g/mol. The summed E-state index contributed by atoms with van der Waals surface area (Å²) in [6.07, 6.45) is 8.06. The number of aromatic nitrogens is 3. The number of nitrogens with zero attached hydrogens (tertiary/aromatic N) is 3. The van der Waals surface area contributed by atoms with E-state index in [2.05, 4.69) is 17.0 Å². The molecular formula is C11H20N4. The quantitative estimate of drug-likeness (QED) is 0.825. The van der Waals surface area contributed by atoms with Crippen LogP contribution in [0.3, 0.4) is 0 Å². The minimum atomic E-state index is 0.493. The van der Waals surface area contributed by atoms with Gasteiger partial charge in [-0.15, -0.1) is 0 Å². The van der Waals surface area contributed by atoms with E-state index in [1.165, 1.54) is 32.1 Å². The molecule has 1 aromatic heterocycles. The summed E-state index contributed by atoms with van der Waals surface area (Å²) in [7, 11) is 0. The lowest BCUT2D eigenvalue weighted by molar-refractivity contribution is 0.243. The summed E-state index contributed by atoms with van der Waals surface area (Å²) in [5, 5.41) is 4.30. The van der Waals surface area contributed by atoms with Crippen LogP contribution in [-0.4, -0.2) is 14.8 Å². The van der Waals surface area contributed by atoms with Crippen molar-refractivity contribution in [3.05, 3.63) is 12.2 Å². The molecule has 2 rings (SSSR count). The second kappa shape index (κ2) is 4.75. The van der Waals surface area contributed by atoms with E-state index in [0.717, 1.165) is 11.7 Å². The first-order chi connectivity index (χ1) is 7.35. The van der Waals surface area contributed by atoms with Crippen molar-refractivity contribution in [1.82, 2.24) is 14.8 Å². The zero-order valence-electron chi connectivity index (χ0n) is 9.39. The Balaban J connectivity index is 2.09. The van der Waals surface area contributed by atoms with Gasteiger partial charge < -0.3 is 5.73 Å². The van der Waals surface area contributed by atoms with Crippen LogP contribution in [0.1, 0.15) is 50.9 Å². The molecule has 2 unspecified atom stereocenters. The summed E-state index contributed by atoms with van der Waals surface area (Å²) in [6, 6.07) is 0.532. The molecule has 2 atom stereocenters. The van der Waals surface area contributed by atoms with Crippen molar-refractivity contribution in [3.63, 3.8) is 0 Å². The van der Waals surface area contributed by atoms with Gasteiger partial charge in [-0.25, -0.2) is 9.67 Å². The maximum absolute atomic E-state index is 5.65. The first-order valence-electron chi connectivity index (χ1n) is 5.93. The van der Waals surface area contributed by atoms with E-state index in [9.17, 15) is 0 Å². The van der Waals surface area contributed by atoms with Crippen LogP contribution in [-0.2, 0) is 6.54 Å². The van der Waals surface area contributed by atoms with Crippen LogP contribution < -0.4 is 5.73 Å². The zero-order valence-corrected chi connectivity index (χ0v) is 9.39. The predicted octanol–water partition coefficient (Wildman–Crippen LogP) is 1.88. The highest BCUT2D eigenvalue weighted by atomic mass is 15.4. The summed E-state index contributed by atoms with van der Waals surface area (Å²) >= 11 is 0. The Bertz CT molecular complexity index is 307. The van der Waals surface area contributed by atoms with Gasteiger partial charge in [0.2, 0.25) is 0 Å². The van der Waals surface area contributed by atoms with Gasteiger partial charge in [0.05, 0.1) is 12.6 Å². The topological polar surface area (TPSA) is 56.7 Å². The van der Waals surface area contributed by atoms with Gasteiger partial charge in [0.25, 0.3) is 0 Å². The van der Waals surface area contributed by atoms with Crippen molar-refractivity contribution in [2.75, 3.05) is 0 Å². The van der Waals surface area contributed by atoms with Crippen molar-refractivity contribution in [1.29, 1.82) is 0 Å². The standard InChI is InChI=1S/C11H20N4/c1-2-9-4-3-5-10(6-9)15-11(7-12)13-8-14-15/h8-10H,2-7,12H2,1H3. The highest BCUT2D eigenvalue weighted by Crippen LogP contribution is 2.33. The second-order valence-electron chi connectivity index (χ2n) is 4.42. The van der Waals surface area contributed by atoms with Gasteiger partial charge in [-0.3, -0.25) is 0 Å². The van der Waals surface area contributed by atoms with Crippen molar-refractivity contribution >= 4 is 0 Å². The van der Waals surface area contributed by atoms with Gasteiger partial charge in [0.15, 0.2) is 0 Å². The SMILES string of the molecule is CCC1CCCC(n2ncnc2CN)C1. The third-order valence-electron chi connectivity index (χ3n) is 3.51. The van der Waals surface area contributed by atoms with Crippen LogP contribution in [0.4, 0.5) is 0 Å². The summed E-state index contributed by atoms with van der Waals surface area (Å²) in [6.45, 7) is 2.77. The minimum absolute atomic E-state index is 0.493. The van der Waals surface area contributed by atoms with Gasteiger partial charge in [0, 0.05) is 0 Å². The van der Waals surface area contributed by atoms with E-state index in [-0.39, 0.29) is 0 Å². The lowest BCUT2D eigenvalue weighted by Crippen LogP contribution is -2.22. The van der Waals surface area contributed by atoms with E-state index in [1.54, 1.807) is 6.33 Å². The fraction of sp³-hybridized carbons (Fsp3) is 0.818. The summed E-state index contributed by atoms with van der Waals surface area (Å²) < 4.78 is 2.04. The molecule has 1 aliphatic rings. The fourth-order valence-electron chi connectivity index (χ4n) is 2.58. The molecule has 1 aromatic rings. The maximum atomic E-state index is 5.65. The summed E-state index contributed by atoms with van der Waals surface area (Å²) in [4.78, 5) is 4.19. The molecule has 15 heavy (non-hydrogen) atoms. The Morgan fingerprint density at radius 2 is 2.40 bits per heavy atom. The van der Waals surface area contributed by atoms with Crippen LogP contribution in [0, 0.1) is 5.92 Å². The van der Waals surface area contributed by atoms with E-state index in [4.69, 9.17) is 5.73 Å². The van der Waals surface area contributed by atoms with Crippen molar-refractivity contribution in [2.24, 2.45) is 11.7 Å². The molecule has 4 nitrogen and oxygen atoms in total. The largest absolute Gasteiger partial charge is 0.324 e. The predicted molar refractivity (Wildman–Crippen MR) is 59.2 cm³/mol. The molecule has 2 N–H and O–H groups in total. The molecule has 0 spiro atoms. The Morgan fingerprint density at radius 1 is 1.53 bits per heavy atom. The highest BCUT2D eigenvalue weighted by molar-refractivity contribution is 4.88. The minimum Gasteiger partial charge on any atom is -0.324 e. The Kier molecular flexibility index (Phi) is 3.36. The first-order valence-corrected chi connectivity index (χ1v) is 5.93. The number of rotatable bonds is 3. The summed E-state index contributed by atoms with van der Waals surface area (Å²) in [5.41, 5.74) is 5.65. The second-order valence-corrected chi connectivity index (χ2v) is 4.42. The third-order valence-corrected chi connectivity index (χ3v) is 3.51.